The van der Waals surface area contributed by atoms with Gasteiger partial charge in [-0.05, 0) is 26.8 Å². The molecule has 0 aromatic carbocycles. The first-order valence-electron chi connectivity index (χ1n) is 8.19. The summed E-state index contributed by atoms with van der Waals surface area (Å²) in [4.78, 5) is 16.3. The molecule has 0 fully saturated rings. The summed E-state index contributed by atoms with van der Waals surface area (Å²) in [5.41, 5.74) is -0.401. The van der Waals surface area contributed by atoms with E-state index in [0.29, 0.717) is 11.2 Å². The van der Waals surface area contributed by atoms with Crippen molar-refractivity contribution < 1.29 is 24.5 Å². The van der Waals surface area contributed by atoms with Crippen molar-refractivity contribution in [1.82, 2.24) is 14.1 Å². The predicted molar refractivity (Wildman–Crippen MR) is 96.8 cm³/mol. The molecule has 140 valence electrons. The maximum absolute atomic E-state index is 12.2. The first-order chi connectivity index (χ1) is 11.4. The quantitative estimate of drug-likeness (QED) is 0.619. The van der Waals surface area contributed by atoms with Gasteiger partial charge in [-0.25, -0.2) is 9.78 Å². The number of nitrogens with zero attached hydrogens (tertiary/aromatic N) is 3. The first-order valence-corrected chi connectivity index (χ1v) is 11.9. The van der Waals surface area contributed by atoms with Crippen LogP contribution in [0.2, 0.25) is 25.7 Å². The van der Waals surface area contributed by atoms with Crippen LogP contribution in [0.4, 0.5) is 4.79 Å². The van der Waals surface area contributed by atoms with E-state index in [1.54, 1.807) is 25.3 Å². The molecule has 2 aromatic heterocycles. The van der Waals surface area contributed by atoms with Gasteiger partial charge >= 0.3 is 6.09 Å². The average Bonchev–Trinajstić information content (AvgIpc) is 2.93. The van der Waals surface area contributed by atoms with Crippen LogP contribution in [0, 0.1) is 0 Å². The van der Waals surface area contributed by atoms with Crippen molar-refractivity contribution in [3.8, 4) is 11.8 Å². The predicted octanol–water partition coefficient (Wildman–Crippen LogP) is 3.34. The molecule has 0 unspecified atom stereocenters. The zero-order valence-electron chi connectivity index (χ0n) is 15.7. The Bertz CT molecular complexity index is 767. The number of ether oxygens (including phenoxy) is 2. The lowest BCUT2D eigenvalue weighted by molar-refractivity contribution is 0.0513. The van der Waals surface area contributed by atoms with E-state index in [0.717, 1.165) is 6.04 Å². The van der Waals surface area contributed by atoms with Gasteiger partial charge < -0.3 is 24.3 Å². The molecule has 0 saturated heterocycles. The van der Waals surface area contributed by atoms with Gasteiger partial charge in [0.05, 0.1) is 6.33 Å². The maximum Gasteiger partial charge on any atom is 0.424 e. The zero-order chi connectivity index (χ0) is 19.0. The lowest BCUT2D eigenvalue weighted by atomic mass is 10.2. The molecule has 2 heterocycles. The van der Waals surface area contributed by atoms with Gasteiger partial charge in [0, 0.05) is 14.7 Å². The molecule has 0 saturated carbocycles. The average molecular weight is 369 g/mol. The molecule has 2 rings (SSSR count). The Labute approximate surface area is 148 Å². The second-order valence-corrected chi connectivity index (χ2v) is 13.8. The van der Waals surface area contributed by atoms with E-state index in [-0.39, 0.29) is 17.8 Å². The Hall–Kier alpha value is -2.00. The van der Waals surface area contributed by atoms with Gasteiger partial charge in [0.25, 0.3) is 0 Å². The van der Waals surface area contributed by atoms with E-state index in [1.165, 1.54) is 6.33 Å². The van der Waals surface area contributed by atoms with E-state index in [2.05, 4.69) is 24.6 Å². The molecule has 0 atom stereocenters. The van der Waals surface area contributed by atoms with E-state index >= 15 is 0 Å². The highest BCUT2D eigenvalue weighted by Crippen LogP contribution is 2.35. The monoisotopic (exact) mass is 369 g/mol. The smallest absolute Gasteiger partial charge is 0.424 e. The number of hydrogen-bond donors (Lipinski definition) is 2. The molecule has 0 aliphatic rings. The Kier molecular flexibility index (Phi) is 5.19. The number of aromatic hydroxyl groups is 2. The van der Waals surface area contributed by atoms with Crippen LogP contribution in [0.3, 0.4) is 0 Å². The first kappa shape index (κ1) is 19.3. The molecule has 2 N–H and O–H groups in total. The topological polar surface area (TPSA) is 98.7 Å². The number of carbonyl (C=O) groups is 1. The van der Waals surface area contributed by atoms with Gasteiger partial charge in [-0.2, -0.15) is 4.57 Å². The molecule has 0 bridgehead atoms. The summed E-state index contributed by atoms with van der Waals surface area (Å²) in [6, 6.07) is 1.01. The van der Waals surface area contributed by atoms with E-state index in [4.69, 9.17) is 9.47 Å². The summed E-state index contributed by atoms with van der Waals surface area (Å²) in [5.74, 6) is -0.879. The number of fused-ring (bicyclic) bond motifs is 1. The van der Waals surface area contributed by atoms with Crippen molar-refractivity contribution in [1.29, 1.82) is 0 Å². The molecule has 0 amide bonds. The Morgan fingerprint density at radius 1 is 1.24 bits per heavy atom. The largest absolute Gasteiger partial charge is 0.492 e. The second kappa shape index (κ2) is 6.72. The van der Waals surface area contributed by atoms with E-state index < -0.39 is 31.5 Å². The Morgan fingerprint density at radius 3 is 2.44 bits per heavy atom. The van der Waals surface area contributed by atoms with Crippen LogP contribution in [-0.2, 0) is 16.2 Å². The SMILES string of the molecule is CC(C)(C)OC(=O)n1c(O)c2ncn(COCC[Si](C)(C)C)c2c1O. The number of rotatable bonds is 5. The molecule has 0 radical (unpaired) electrons. The van der Waals surface area contributed by atoms with Gasteiger partial charge in [-0.3, -0.25) is 0 Å². The summed E-state index contributed by atoms with van der Waals surface area (Å²) in [6.45, 7) is 12.7. The molecule has 0 aliphatic heterocycles. The molecule has 8 nitrogen and oxygen atoms in total. The number of imidazole rings is 1. The van der Waals surface area contributed by atoms with Gasteiger partial charge in [-0.1, -0.05) is 19.6 Å². The highest BCUT2D eigenvalue weighted by Gasteiger charge is 2.28. The third kappa shape index (κ3) is 4.54. The summed E-state index contributed by atoms with van der Waals surface area (Å²) >= 11 is 0. The van der Waals surface area contributed by atoms with Crippen molar-refractivity contribution in [2.24, 2.45) is 0 Å². The van der Waals surface area contributed by atoms with Crippen molar-refractivity contribution >= 4 is 25.2 Å². The van der Waals surface area contributed by atoms with Crippen LogP contribution in [-0.4, -0.2) is 50.7 Å². The highest BCUT2D eigenvalue weighted by atomic mass is 28.3. The fraction of sp³-hybridized carbons (Fsp3) is 0.625. The maximum atomic E-state index is 12.2. The van der Waals surface area contributed by atoms with Gasteiger partial charge in [0.1, 0.15) is 17.8 Å². The van der Waals surface area contributed by atoms with Crippen LogP contribution in [0.15, 0.2) is 6.33 Å². The van der Waals surface area contributed by atoms with Crippen LogP contribution in [0.5, 0.6) is 11.8 Å². The zero-order valence-corrected chi connectivity index (χ0v) is 16.7. The highest BCUT2D eigenvalue weighted by molar-refractivity contribution is 6.76. The van der Waals surface area contributed by atoms with Gasteiger partial charge in [-0.15, -0.1) is 0 Å². The lowest BCUT2D eigenvalue weighted by Crippen LogP contribution is -2.26. The molecule has 25 heavy (non-hydrogen) atoms. The molecular weight excluding hydrogens is 342 g/mol. The Morgan fingerprint density at radius 2 is 1.88 bits per heavy atom. The van der Waals surface area contributed by atoms with Crippen LogP contribution in [0.25, 0.3) is 11.0 Å². The third-order valence-electron chi connectivity index (χ3n) is 3.49. The van der Waals surface area contributed by atoms with Crippen LogP contribution in [0.1, 0.15) is 20.8 Å². The lowest BCUT2D eigenvalue weighted by Gasteiger charge is -2.19. The molecule has 0 aliphatic carbocycles. The van der Waals surface area contributed by atoms with Crippen molar-refractivity contribution in [3.05, 3.63) is 6.33 Å². The normalized spacial score (nSPS) is 12.7. The van der Waals surface area contributed by atoms with Gasteiger partial charge in [0.15, 0.2) is 5.52 Å². The summed E-state index contributed by atoms with van der Waals surface area (Å²) < 4.78 is 13.1. The standard InChI is InChI=1S/C16H27N3O5Si/c1-16(2,3)24-15(22)19-13(20)11-12(14(19)21)18(9-17-11)10-23-7-8-25(4,5)6/h9,20-21H,7-8,10H2,1-6H3. The van der Waals surface area contributed by atoms with Crippen molar-refractivity contribution in [2.45, 2.75) is 58.8 Å². The van der Waals surface area contributed by atoms with E-state index in [9.17, 15) is 15.0 Å². The summed E-state index contributed by atoms with van der Waals surface area (Å²) in [6.07, 6.45) is 0.588. The van der Waals surface area contributed by atoms with Crippen LogP contribution < -0.4 is 0 Å². The number of hydrogen-bond acceptors (Lipinski definition) is 6. The molecular formula is C16H27N3O5Si. The van der Waals surface area contributed by atoms with Crippen molar-refractivity contribution in [2.75, 3.05) is 6.61 Å². The minimum atomic E-state index is -1.19. The molecule has 0 spiro atoms. The molecule has 9 heteroatoms. The fourth-order valence-corrected chi connectivity index (χ4v) is 2.97. The third-order valence-corrected chi connectivity index (χ3v) is 5.19. The number of aromatic nitrogens is 3. The fourth-order valence-electron chi connectivity index (χ4n) is 2.21. The summed E-state index contributed by atoms with van der Waals surface area (Å²) in [5, 5.41) is 20.6. The molecule has 2 aromatic rings. The number of carbonyl (C=O) groups excluding carboxylic acids is 1. The minimum Gasteiger partial charge on any atom is -0.492 e. The second-order valence-electron chi connectivity index (χ2n) is 8.22. The summed E-state index contributed by atoms with van der Waals surface area (Å²) in [7, 11) is -1.19. The van der Waals surface area contributed by atoms with Gasteiger partial charge in [0.2, 0.25) is 11.8 Å². The Balaban J connectivity index is 2.22. The van der Waals surface area contributed by atoms with Crippen molar-refractivity contribution in [3.63, 3.8) is 0 Å². The van der Waals surface area contributed by atoms with Crippen LogP contribution >= 0.6 is 0 Å². The minimum absolute atomic E-state index is 0.122. The van der Waals surface area contributed by atoms with E-state index in [1.807, 2.05) is 0 Å².